The first kappa shape index (κ1) is 24.8. The predicted molar refractivity (Wildman–Crippen MR) is 128 cm³/mol. The van der Waals surface area contributed by atoms with Crippen LogP contribution in [0.2, 0.25) is 0 Å². The summed E-state index contributed by atoms with van der Waals surface area (Å²) in [5.74, 6) is 1.25. The van der Waals surface area contributed by atoms with E-state index in [0.29, 0.717) is 24.6 Å². The van der Waals surface area contributed by atoms with E-state index in [9.17, 15) is 10.2 Å². The minimum absolute atomic E-state index is 0.146. The Balaban J connectivity index is 1.44. The first-order valence-corrected chi connectivity index (χ1v) is 11.8. The van der Waals surface area contributed by atoms with Gasteiger partial charge in [0, 0.05) is 11.4 Å². The Bertz CT molecular complexity index is 966. The standard InChI is InChI=1S/C22H28Br2N4O4/c1-13-21(23)15(3)27(25-13)9-17(29)11-31-19-5-7-20(8-6-19)32-12-18(30)10-28-16(4)22(24)14(2)26-28/h5-8,17-18,29-30H,9-12H2,1-4H3/t17-,18-/m0/s1. The smallest absolute Gasteiger partial charge is 0.119 e. The van der Waals surface area contributed by atoms with Gasteiger partial charge in [0.25, 0.3) is 0 Å². The molecule has 1 aromatic carbocycles. The third-order valence-electron chi connectivity index (χ3n) is 5.06. The lowest BCUT2D eigenvalue weighted by Gasteiger charge is -2.15. The number of hydrogen-bond donors (Lipinski definition) is 2. The number of hydrogen-bond acceptors (Lipinski definition) is 6. The largest absolute Gasteiger partial charge is 0.491 e. The zero-order valence-electron chi connectivity index (χ0n) is 18.5. The summed E-state index contributed by atoms with van der Waals surface area (Å²) in [4.78, 5) is 0. The molecule has 0 bridgehead atoms. The van der Waals surface area contributed by atoms with Gasteiger partial charge in [-0.3, -0.25) is 9.36 Å². The summed E-state index contributed by atoms with van der Waals surface area (Å²) >= 11 is 6.97. The molecule has 174 valence electrons. The molecule has 0 aliphatic heterocycles. The molecule has 0 unspecified atom stereocenters. The van der Waals surface area contributed by atoms with Gasteiger partial charge in [-0.05, 0) is 83.8 Å². The lowest BCUT2D eigenvalue weighted by molar-refractivity contribution is 0.0869. The highest BCUT2D eigenvalue weighted by atomic mass is 79.9. The SMILES string of the molecule is Cc1nn(C[C@H](O)COc2ccc(OC[C@@H](O)Cn3nc(C)c(Br)c3C)cc2)c(C)c1Br. The molecule has 0 radical (unpaired) electrons. The van der Waals surface area contributed by atoms with Gasteiger partial charge < -0.3 is 19.7 Å². The molecule has 0 saturated carbocycles. The van der Waals surface area contributed by atoms with Crippen molar-refractivity contribution in [1.29, 1.82) is 0 Å². The Kier molecular flexibility index (Phi) is 8.37. The summed E-state index contributed by atoms with van der Waals surface area (Å²) in [5, 5.41) is 29.4. The summed E-state index contributed by atoms with van der Waals surface area (Å²) in [5.41, 5.74) is 3.71. The topological polar surface area (TPSA) is 94.6 Å². The molecule has 3 aromatic rings. The first-order valence-electron chi connectivity index (χ1n) is 10.3. The quantitative estimate of drug-likeness (QED) is 0.385. The Morgan fingerprint density at radius 1 is 0.750 bits per heavy atom. The fourth-order valence-electron chi connectivity index (χ4n) is 3.23. The summed E-state index contributed by atoms with van der Waals surface area (Å²) in [6.45, 7) is 8.72. The van der Waals surface area contributed by atoms with Gasteiger partial charge in [-0.15, -0.1) is 0 Å². The fourth-order valence-corrected chi connectivity index (χ4v) is 3.80. The maximum Gasteiger partial charge on any atom is 0.119 e. The summed E-state index contributed by atoms with van der Waals surface area (Å²) < 4.78 is 16.8. The van der Waals surface area contributed by atoms with E-state index in [2.05, 4.69) is 42.1 Å². The molecule has 8 nitrogen and oxygen atoms in total. The summed E-state index contributed by atoms with van der Waals surface area (Å²) in [7, 11) is 0. The fraction of sp³-hybridized carbons (Fsp3) is 0.455. The second-order valence-electron chi connectivity index (χ2n) is 7.73. The van der Waals surface area contributed by atoms with E-state index in [1.54, 1.807) is 33.6 Å². The number of aryl methyl sites for hydroxylation is 2. The van der Waals surface area contributed by atoms with Crippen LogP contribution in [0.4, 0.5) is 0 Å². The van der Waals surface area contributed by atoms with Crippen LogP contribution in [0.25, 0.3) is 0 Å². The highest BCUT2D eigenvalue weighted by Crippen LogP contribution is 2.22. The Labute approximate surface area is 204 Å². The number of halogens is 2. The van der Waals surface area contributed by atoms with E-state index in [1.807, 2.05) is 27.7 Å². The molecule has 3 rings (SSSR count). The van der Waals surface area contributed by atoms with E-state index in [4.69, 9.17) is 9.47 Å². The molecule has 0 saturated heterocycles. The number of ether oxygens (including phenoxy) is 2. The molecular formula is C22H28Br2N4O4. The van der Waals surface area contributed by atoms with Gasteiger partial charge in [0.2, 0.25) is 0 Å². The maximum absolute atomic E-state index is 10.3. The van der Waals surface area contributed by atoms with Gasteiger partial charge >= 0.3 is 0 Å². The van der Waals surface area contributed by atoms with Crippen molar-refractivity contribution in [2.24, 2.45) is 0 Å². The van der Waals surface area contributed by atoms with Crippen LogP contribution in [0.3, 0.4) is 0 Å². The van der Waals surface area contributed by atoms with Gasteiger partial charge in [-0.25, -0.2) is 0 Å². The van der Waals surface area contributed by atoms with E-state index in [1.165, 1.54) is 0 Å². The van der Waals surface area contributed by atoms with Crippen molar-refractivity contribution in [3.8, 4) is 11.5 Å². The van der Waals surface area contributed by atoms with Crippen molar-refractivity contribution in [2.45, 2.75) is 53.0 Å². The number of benzene rings is 1. The highest BCUT2D eigenvalue weighted by Gasteiger charge is 2.15. The lowest BCUT2D eigenvalue weighted by Crippen LogP contribution is -2.25. The summed E-state index contributed by atoms with van der Waals surface area (Å²) in [6.07, 6.45) is -1.39. The zero-order valence-corrected chi connectivity index (χ0v) is 21.7. The molecule has 10 heteroatoms. The Hall–Kier alpha value is -1.88. The van der Waals surface area contributed by atoms with Crippen molar-refractivity contribution >= 4 is 31.9 Å². The number of aromatic nitrogens is 4. The molecule has 2 aromatic heterocycles. The first-order chi connectivity index (χ1) is 15.2. The average molecular weight is 572 g/mol. The van der Waals surface area contributed by atoms with Gasteiger partial charge in [0.15, 0.2) is 0 Å². The van der Waals surface area contributed by atoms with Crippen molar-refractivity contribution in [3.05, 3.63) is 56.0 Å². The van der Waals surface area contributed by atoms with E-state index < -0.39 is 12.2 Å². The van der Waals surface area contributed by atoms with Gasteiger partial charge in [0.1, 0.15) is 36.9 Å². The van der Waals surface area contributed by atoms with Crippen LogP contribution in [0, 0.1) is 27.7 Å². The van der Waals surface area contributed by atoms with E-state index in [0.717, 1.165) is 31.7 Å². The second kappa shape index (κ2) is 10.8. The Morgan fingerprint density at radius 3 is 1.38 bits per heavy atom. The molecule has 2 atom stereocenters. The monoisotopic (exact) mass is 570 g/mol. The average Bonchev–Trinajstić information content (AvgIpc) is 3.15. The third-order valence-corrected chi connectivity index (χ3v) is 7.36. The van der Waals surface area contributed by atoms with Crippen molar-refractivity contribution in [2.75, 3.05) is 13.2 Å². The lowest BCUT2D eigenvalue weighted by atomic mass is 10.3. The van der Waals surface area contributed by atoms with Crippen LogP contribution >= 0.6 is 31.9 Å². The van der Waals surface area contributed by atoms with Crippen LogP contribution in [-0.4, -0.2) is 55.2 Å². The van der Waals surface area contributed by atoms with E-state index >= 15 is 0 Å². The summed E-state index contributed by atoms with van der Waals surface area (Å²) in [6, 6.07) is 7.08. The van der Waals surface area contributed by atoms with Gasteiger partial charge in [0.05, 0.1) is 33.4 Å². The molecule has 2 heterocycles. The number of nitrogens with zero attached hydrogens (tertiary/aromatic N) is 4. The number of aliphatic hydroxyl groups is 2. The molecule has 0 aliphatic carbocycles. The molecule has 2 N–H and O–H groups in total. The molecule has 0 amide bonds. The minimum Gasteiger partial charge on any atom is -0.491 e. The third kappa shape index (κ3) is 6.12. The molecule has 0 fully saturated rings. The van der Waals surface area contributed by atoms with Crippen LogP contribution in [0.15, 0.2) is 33.2 Å². The van der Waals surface area contributed by atoms with E-state index in [-0.39, 0.29) is 13.2 Å². The van der Waals surface area contributed by atoms with Crippen molar-refractivity contribution < 1.29 is 19.7 Å². The zero-order chi connectivity index (χ0) is 23.4. The normalized spacial score (nSPS) is 13.2. The van der Waals surface area contributed by atoms with Crippen LogP contribution in [-0.2, 0) is 13.1 Å². The predicted octanol–water partition coefficient (Wildman–Crippen LogP) is 3.72. The van der Waals surface area contributed by atoms with Crippen molar-refractivity contribution in [1.82, 2.24) is 19.6 Å². The van der Waals surface area contributed by atoms with Gasteiger partial charge in [-0.1, -0.05) is 0 Å². The Morgan fingerprint density at radius 2 is 1.09 bits per heavy atom. The molecule has 32 heavy (non-hydrogen) atoms. The van der Waals surface area contributed by atoms with Crippen LogP contribution < -0.4 is 9.47 Å². The number of rotatable bonds is 10. The van der Waals surface area contributed by atoms with Crippen LogP contribution in [0.5, 0.6) is 11.5 Å². The molecular weight excluding hydrogens is 544 g/mol. The molecule has 0 spiro atoms. The second-order valence-corrected chi connectivity index (χ2v) is 9.32. The minimum atomic E-state index is -0.694. The van der Waals surface area contributed by atoms with Crippen LogP contribution in [0.1, 0.15) is 22.8 Å². The van der Waals surface area contributed by atoms with Crippen molar-refractivity contribution in [3.63, 3.8) is 0 Å². The number of aliphatic hydroxyl groups excluding tert-OH is 2. The molecule has 0 aliphatic rings. The van der Waals surface area contributed by atoms with Gasteiger partial charge in [-0.2, -0.15) is 10.2 Å². The maximum atomic E-state index is 10.3. The highest BCUT2D eigenvalue weighted by molar-refractivity contribution is 9.10.